The van der Waals surface area contributed by atoms with Crippen LogP contribution in [0.3, 0.4) is 0 Å². The minimum Gasteiger partial charge on any atom is -0.393 e. The van der Waals surface area contributed by atoms with Gasteiger partial charge in [-0.1, -0.05) is 32.1 Å². The summed E-state index contributed by atoms with van der Waals surface area (Å²) in [6, 6.07) is 2.14. The molecule has 0 amide bonds. The van der Waals surface area contributed by atoms with Gasteiger partial charge < -0.3 is 10.0 Å². The highest BCUT2D eigenvalue weighted by Crippen LogP contribution is 2.41. The van der Waals surface area contributed by atoms with Crippen LogP contribution in [-0.2, 0) is 5.41 Å². The molecular weight excluding hydrogens is 368 g/mol. The van der Waals surface area contributed by atoms with Crippen molar-refractivity contribution in [1.82, 2.24) is 9.36 Å². The Hall–Kier alpha value is -1.89. The van der Waals surface area contributed by atoms with E-state index < -0.39 is 0 Å². The molecule has 0 aliphatic carbocycles. The molecule has 0 atom stereocenters. The van der Waals surface area contributed by atoms with Crippen molar-refractivity contribution in [3.63, 3.8) is 0 Å². The summed E-state index contributed by atoms with van der Waals surface area (Å²) in [6.07, 6.45) is 1.30. The number of hydrogen-bond donors (Lipinski definition) is 1. The predicted octanol–water partition coefficient (Wildman–Crippen LogP) is 4.45. The van der Waals surface area contributed by atoms with Gasteiger partial charge in [0.2, 0.25) is 0 Å². The van der Waals surface area contributed by atoms with E-state index in [1.165, 1.54) is 22.9 Å². The fourth-order valence-electron chi connectivity index (χ4n) is 2.70. The van der Waals surface area contributed by atoms with Crippen LogP contribution < -0.4 is 4.90 Å². The lowest BCUT2D eigenvalue weighted by Gasteiger charge is -2.29. The van der Waals surface area contributed by atoms with Crippen molar-refractivity contribution in [2.24, 2.45) is 10.2 Å². The molecule has 0 radical (unpaired) electrons. The summed E-state index contributed by atoms with van der Waals surface area (Å²) in [5.74, 6) is 0. The zero-order valence-corrected chi connectivity index (χ0v) is 17.0. The molecule has 1 aliphatic heterocycles. The number of aliphatic hydroxyl groups is 1. The van der Waals surface area contributed by atoms with Crippen LogP contribution in [0.15, 0.2) is 10.2 Å². The maximum atomic E-state index is 9.72. The van der Waals surface area contributed by atoms with Crippen molar-refractivity contribution in [1.29, 1.82) is 5.26 Å². The van der Waals surface area contributed by atoms with Gasteiger partial charge in [-0.3, -0.25) is 0 Å². The van der Waals surface area contributed by atoms with Crippen molar-refractivity contribution in [2.75, 3.05) is 18.0 Å². The average molecular weight is 391 g/mol. The molecule has 1 fully saturated rings. The zero-order chi connectivity index (χ0) is 18.9. The summed E-state index contributed by atoms with van der Waals surface area (Å²) in [7, 11) is 0. The molecule has 0 spiro atoms. The predicted molar refractivity (Wildman–Crippen MR) is 104 cm³/mol. The maximum Gasteiger partial charge on any atom is 0.187 e. The molecule has 3 heterocycles. The third kappa shape index (κ3) is 3.92. The second kappa shape index (κ2) is 7.39. The lowest BCUT2D eigenvalue weighted by Crippen LogP contribution is -2.35. The van der Waals surface area contributed by atoms with E-state index in [9.17, 15) is 10.4 Å². The molecule has 0 unspecified atom stereocenters. The maximum absolute atomic E-state index is 9.72. The lowest BCUT2D eigenvalue weighted by atomic mass is 9.93. The SMILES string of the molecule is Cc1nsc(N=Nc2sc(N3CCC(O)CC3)nc2C(C)(C)C)c1C#N. The fraction of sp³-hybridized carbons (Fsp3) is 0.588. The molecule has 9 heteroatoms. The van der Waals surface area contributed by atoms with E-state index in [2.05, 4.69) is 46.3 Å². The lowest BCUT2D eigenvalue weighted by molar-refractivity contribution is 0.145. The van der Waals surface area contributed by atoms with Gasteiger partial charge in [-0.2, -0.15) is 9.64 Å². The molecule has 2 aromatic rings. The Morgan fingerprint density at radius 1 is 1.23 bits per heavy atom. The number of rotatable bonds is 3. The van der Waals surface area contributed by atoms with Gasteiger partial charge in [0.25, 0.3) is 0 Å². The molecule has 1 N–H and O–H groups in total. The van der Waals surface area contributed by atoms with Gasteiger partial charge in [0.1, 0.15) is 11.6 Å². The van der Waals surface area contributed by atoms with Gasteiger partial charge in [-0.15, -0.1) is 10.2 Å². The normalized spacial score (nSPS) is 16.4. The van der Waals surface area contributed by atoms with Gasteiger partial charge in [0, 0.05) is 18.5 Å². The summed E-state index contributed by atoms with van der Waals surface area (Å²) in [5, 5.41) is 29.9. The molecule has 26 heavy (non-hydrogen) atoms. The average Bonchev–Trinajstić information content (AvgIpc) is 3.16. The number of thiazole rings is 1. The van der Waals surface area contributed by atoms with Crippen molar-refractivity contribution in [3.05, 3.63) is 17.0 Å². The molecule has 1 aliphatic rings. The van der Waals surface area contributed by atoms with Crippen LogP contribution in [0.1, 0.15) is 50.6 Å². The van der Waals surface area contributed by atoms with Crippen LogP contribution in [0.4, 0.5) is 15.1 Å². The highest BCUT2D eigenvalue weighted by molar-refractivity contribution is 7.19. The minimum absolute atomic E-state index is 0.167. The Bertz CT molecular complexity index is 850. The van der Waals surface area contributed by atoms with Crippen LogP contribution in [0.25, 0.3) is 0 Å². The number of aryl methyl sites for hydroxylation is 1. The first-order valence-corrected chi connectivity index (χ1v) is 10.1. The van der Waals surface area contributed by atoms with Crippen LogP contribution in [0.5, 0.6) is 0 Å². The quantitative estimate of drug-likeness (QED) is 0.781. The number of hydrogen-bond acceptors (Lipinski definition) is 9. The molecule has 0 aromatic carbocycles. The van der Waals surface area contributed by atoms with Gasteiger partial charge >= 0.3 is 0 Å². The van der Waals surface area contributed by atoms with Crippen LogP contribution >= 0.6 is 22.9 Å². The zero-order valence-electron chi connectivity index (χ0n) is 15.4. The number of piperidine rings is 1. The third-order valence-electron chi connectivity index (χ3n) is 4.23. The van der Waals surface area contributed by atoms with Crippen LogP contribution in [-0.4, -0.2) is 33.7 Å². The first kappa shape index (κ1) is 18.9. The first-order chi connectivity index (χ1) is 12.3. The molecule has 0 saturated carbocycles. The van der Waals surface area contributed by atoms with Gasteiger partial charge in [0.15, 0.2) is 15.1 Å². The van der Waals surface area contributed by atoms with Crippen molar-refractivity contribution >= 4 is 38.0 Å². The second-order valence-electron chi connectivity index (χ2n) is 7.38. The van der Waals surface area contributed by atoms with E-state index in [0.717, 1.165) is 41.8 Å². The highest BCUT2D eigenvalue weighted by Gasteiger charge is 2.27. The highest BCUT2D eigenvalue weighted by atomic mass is 32.1. The van der Waals surface area contributed by atoms with E-state index in [1.54, 1.807) is 6.92 Å². The molecule has 3 rings (SSSR count). The topological polar surface area (TPSA) is 97.8 Å². The molecule has 2 aromatic heterocycles. The molecule has 0 bridgehead atoms. The third-order valence-corrected chi connectivity index (χ3v) is 6.06. The summed E-state index contributed by atoms with van der Waals surface area (Å²) in [4.78, 5) is 7.02. The van der Waals surface area contributed by atoms with Crippen molar-refractivity contribution in [2.45, 2.75) is 52.1 Å². The number of aromatic nitrogens is 2. The molecule has 7 nitrogen and oxygen atoms in total. The van der Waals surface area contributed by atoms with E-state index in [-0.39, 0.29) is 11.5 Å². The van der Waals surface area contributed by atoms with E-state index in [4.69, 9.17) is 4.98 Å². The number of aliphatic hydroxyl groups excluding tert-OH is 1. The monoisotopic (exact) mass is 390 g/mol. The number of nitrogens with zero attached hydrogens (tertiary/aromatic N) is 6. The van der Waals surface area contributed by atoms with Crippen LogP contribution in [0, 0.1) is 18.3 Å². The second-order valence-corrected chi connectivity index (χ2v) is 9.09. The summed E-state index contributed by atoms with van der Waals surface area (Å²) in [6.45, 7) is 9.68. The molecule has 1 saturated heterocycles. The van der Waals surface area contributed by atoms with Gasteiger partial charge in [0.05, 0.1) is 17.5 Å². The van der Waals surface area contributed by atoms with Gasteiger partial charge in [-0.25, -0.2) is 4.98 Å². The number of azo groups is 1. The smallest absolute Gasteiger partial charge is 0.187 e. The standard InChI is InChI=1S/C17H22N6OS2/c1-10-12(9-18)14(26-22-10)20-21-15-13(17(2,3)4)19-16(25-15)23-7-5-11(24)6-8-23/h11,24H,5-8H2,1-4H3. The largest absolute Gasteiger partial charge is 0.393 e. The Labute approximate surface area is 161 Å². The minimum atomic E-state index is -0.216. The summed E-state index contributed by atoms with van der Waals surface area (Å²) in [5.41, 5.74) is 1.89. The van der Waals surface area contributed by atoms with Crippen LogP contribution in [0.2, 0.25) is 0 Å². The first-order valence-electron chi connectivity index (χ1n) is 8.52. The summed E-state index contributed by atoms with van der Waals surface area (Å²) < 4.78 is 4.18. The van der Waals surface area contributed by atoms with Crippen molar-refractivity contribution < 1.29 is 5.11 Å². The molecule has 138 valence electrons. The van der Waals surface area contributed by atoms with Gasteiger partial charge in [-0.05, 0) is 31.3 Å². The van der Waals surface area contributed by atoms with E-state index in [0.29, 0.717) is 16.3 Å². The van der Waals surface area contributed by atoms with Crippen molar-refractivity contribution in [3.8, 4) is 6.07 Å². The van der Waals surface area contributed by atoms with E-state index in [1.807, 2.05) is 0 Å². The number of nitriles is 1. The summed E-state index contributed by atoms with van der Waals surface area (Å²) >= 11 is 2.69. The Morgan fingerprint density at radius 2 is 1.88 bits per heavy atom. The Kier molecular flexibility index (Phi) is 5.37. The van der Waals surface area contributed by atoms with E-state index >= 15 is 0 Å². The number of anilines is 1. The Morgan fingerprint density at radius 3 is 2.50 bits per heavy atom. The Balaban J connectivity index is 1.92. The fourth-order valence-corrected chi connectivity index (χ4v) is 4.52. The molecular formula is C17H22N6OS2.